The molecule has 0 unspecified atom stereocenters. The van der Waals surface area contributed by atoms with Crippen LogP contribution in [0.5, 0.6) is 0 Å². The van der Waals surface area contributed by atoms with Gasteiger partial charge in [-0.2, -0.15) is 5.10 Å². The van der Waals surface area contributed by atoms with Gasteiger partial charge in [-0.25, -0.2) is 9.67 Å². The van der Waals surface area contributed by atoms with E-state index in [0.29, 0.717) is 32.3 Å². The Labute approximate surface area is 162 Å². The molecule has 0 aliphatic rings. The van der Waals surface area contributed by atoms with Crippen LogP contribution in [-0.2, 0) is 13.5 Å². The lowest BCUT2D eigenvalue weighted by Crippen LogP contribution is -2.24. The number of aromatic nitrogens is 4. The summed E-state index contributed by atoms with van der Waals surface area (Å²) in [5, 5.41) is 5.50. The van der Waals surface area contributed by atoms with Gasteiger partial charge < -0.3 is 4.57 Å². The second-order valence-corrected chi connectivity index (χ2v) is 7.16. The Balaban J connectivity index is 2.44. The van der Waals surface area contributed by atoms with Gasteiger partial charge in [0.15, 0.2) is 0 Å². The lowest BCUT2D eigenvalue weighted by Gasteiger charge is -2.18. The third-order valence-corrected chi connectivity index (χ3v) is 5.31. The molecule has 0 aliphatic heterocycles. The maximum absolute atomic E-state index is 12.9. The average Bonchev–Trinajstić information content (AvgIpc) is 3.00. The summed E-state index contributed by atoms with van der Waals surface area (Å²) in [6, 6.07) is 5.48. The molecule has 0 saturated carbocycles. The fourth-order valence-corrected chi connectivity index (χ4v) is 3.90. The van der Waals surface area contributed by atoms with Crippen LogP contribution in [-0.4, -0.2) is 19.3 Å². The zero-order valence-electron chi connectivity index (χ0n) is 15.4. The van der Waals surface area contributed by atoms with Gasteiger partial charge in [-0.1, -0.05) is 44.0 Å². The van der Waals surface area contributed by atoms with Crippen molar-refractivity contribution in [1.29, 1.82) is 0 Å². The molecular formula is C19H22Cl2N4O. The zero-order chi connectivity index (χ0) is 19.0. The Morgan fingerprint density at radius 1 is 1.15 bits per heavy atom. The van der Waals surface area contributed by atoms with E-state index in [9.17, 15) is 4.79 Å². The Hall–Kier alpha value is -1.85. The fraction of sp³-hybridized carbons (Fsp3) is 0.421. The fourth-order valence-electron chi connectivity index (χ4n) is 3.40. The standard InChI is InChI=1S/C19H22Cl2N4O/c1-5-12(6-2)25-15(7-3)22-17-16(23-24(4)19(26)18(17)25)13-9-8-11(20)10-14(13)21/h8-10,12H,5-7H2,1-4H3. The number of fused-ring (bicyclic) bond motifs is 1. The molecule has 2 heterocycles. The average molecular weight is 393 g/mol. The molecule has 0 aliphatic carbocycles. The Morgan fingerprint density at radius 2 is 1.85 bits per heavy atom. The highest BCUT2D eigenvalue weighted by Crippen LogP contribution is 2.34. The summed E-state index contributed by atoms with van der Waals surface area (Å²) in [4.78, 5) is 17.7. The van der Waals surface area contributed by atoms with Crippen molar-refractivity contribution in [2.75, 3.05) is 0 Å². The van der Waals surface area contributed by atoms with E-state index in [4.69, 9.17) is 28.2 Å². The van der Waals surface area contributed by atoms with E-state index in [2.05, 4.69) is 23.5 Å². The third kappa shape index (κ3) is 3.03. The third-order valence-electron chi connectivity index (χ3n) is 4.77. The molecule has 0 amide bonds. The quantitative estimate of drug-likeness (QED) is 0.611. The Morgan fingerprint density at radius 3 is 2.42 bits per heavy atom. The smallest absolute Gasteiger partial charge is 0.292 e. The first-order valence-corrected chi connectivity index (χ1v) is 9.61. The van der Waals surface area contributed by atoms with Gasteiger partial charge in [0, 0.05) is 30.1 Å². The summed E-state index contributed by atoms with van der Waals surface area (Å²) >= 11 is 12.4. The van der Waals surface area contributed by atoms with Crippen LogP contribution >= 0.6 is 23.2 Å². The van der Waals surface area contributed by atoms with Gasteiger partial charge >= 0.3 is 0 Å². The highest BCUT2D eigenvalue weighted by atomic mass is 35.5. The topological polar surface area (TPSA) is 52.7 Å². The van der Waals surface area contributed by atoms with E-state index in [1.54, 1.807) is 19.2 Å². The van der Waals surface area contributed by atoms with Crippen LogP contribution in [0.4, 0.5) is 0 Å². The van der Waals surface area contributed by atoms with E-state index >= 15 is 0 Å². The second-order valence-electron chi connectivity index (χ2n) is 6.32. The van der Waals surface area contributed by atoms with Gasteiger partial charge in [-0.05, 0) is 31.0 Å². The summed E-state index contributed by atoms with van der Waals surface area (Å²) in [7, 11) is 1.66. The molecule has 0 spiro atoms. The summed E-state index contributed by atoms with van der Waals surface area (Å²) in [5.41, 5.74) is 2.36. The minimum Gasteiger partial charge on any atom is -0.320 e. The summed E-state index contributed by atoms with van der Waals surface area (Å²) < 4.78 is 3.45. The molecule has 26 heavy (non-hydrogen) atoms. The number of benzene rings is 1. The highest BCUT2D eigenvalue weighted by molar-refractivity contribution is 6.36. The first kappa shape index (κ1) is 18.9. The molecule has 0 bridgehead atoms. The van der Waals surface area contributed by atoms with E-state index in [1.165, 1.54) is 4.68 Å². The van der Waals surface area contributed by atoms with Gasteiger partial charge in [0.25, 0.3) is 5.56 Å². The molecule has 0 saturated heterocycles. The van der Waals surface area contributed by atoms with Crippen LogP contribution in [0.1, 0.15) is 45.5 Å². The first-order valence-electron chi connectivity index (χ1n) is 8.86. The lowest BCUT2D eigenvalue weighted by molar-refractivity contribution is 0.466. The molecule has 0 fully saturated rings. The summed E-state index contributed by atoms with van der Waals surface area (Å²) in [6.07, 6.45) is 2.59. The molecule has 2 aromatic heterocycles. The van der Waals surface area contributed by atoms with E-state index in [1.807, 2.05) is 13.0 Å². The number of hydrogen-bond acceptors (Lipinski definition) is 3. The summed E-state index contributed by atoms with van der Waals surface area (Å²) in [5.74, 6) is 0.894. The molecule has 0 N–H and O–H groups in total. The van der Waals surface area contributed by atoms with Gasteiger partial charge in [-0.15, -0.1) is 0 Å². The Bertz CT molecular complexity index is 1020. The number of rotatable bonds is 5. The van der Waals surface area contributed by atoms with E-state index in [-0.39, 0.29) is 11.6 Å². The van der Waals surface area contributed by atoms with Crippen LogP contribution in [0.25, 0.3) is 22.3 Å². The number of aryl methyl sites for hydroxylation is 2. The second kappa shape index (κ2) is 7.41. The normalized spacial score (nSPS) is 11.7. The molecule has 0 atom stereocenters. The van der Waals surface area contributed by atoms with Crippen LogP contribution in [0, 0.1) is 0 Å². The van der Waals surface area contributed by atoms with Crippen molar-refractivity contribution < 1.29 is 0 Å². The molecule has 138 valence electrons. The van der Waals surface area contributed by atoms with Crippen LogP contribution < -0.4 is 5.56 Å². The van der Waals surface area contributed by atoms with Gasteiger partial charge in [-0.3, -0.25) is 4.79 Å². The minimum atomic E-state index is -0.145. The molecule has 3 rings (SSSR count). The molecule has 7 heteroatoms. The monoisotopic (exact) mass is 392 g/mol. The number of halogens is 2. The van der Waals surface area contributed by atoms with Crippen molar-refractivity contribution >= 4 is 34.2 Å². The van der Waals surface area contributed by atoms with Crippen molar-refractivity contribution in [2.24, 2.45) is 7.05 Å². The molecule has 3 aromatic rings. The van der Waals surface area contributed by atoms with E-state index in [0.717, 1.165) is 25.1 Å². The van der Waals surface area contributed by atoms with Crippen molar-refractivity contribution in [3.8, 4) is 11.3 Å². The minimum absolute atomic E-state index is 0.145. The maximum Gasteiger partial charge on any atom is 0.292 e. The number of nitrogens with zero attached hydrogens (tertiary/aromatic N) is 4. The largest absolute Gasteiger partial charge is 0.320 e. The van der Waals surface area contributed by atoms with Crippen LogP contribution in [0.2, 0.25) is 10.0 Å². The van der Waals surface area contributed by atoms with Crippen LogP contribution in [0.15, 0.2) is 23.0 Å². The molecule has 5 nitrogen and oxygen atoms in total. The predicted octanol–water partition coefficient (Wildman–Crippen LogP) is 5.03. The number of imidazole rings is 1. The van der Waals surface area contributed by atoms with Crippen molar-refractivity contribution in [3.63, 3.8) is 0 Å². The molecule has 0 radical (unpaired) electrons. The van der Waals surface area contributed by atoms with Crippen LogP contribution in [0.3, 0.4) is 0 Å². The SMILES string of the molecule is CCc1nc2c(-c3ccc(Cl)cc3Cl)nn(C)c(=O)c2n1C(CC)CC. The first-order chi connectivity index (χ1) is 12.4. The lowest BCUT2D eigenvalue weighted by atomic mass is 10.1. The Kier molecular flexibility index (Phi) is 5.39. The van der Waals surface area contributed by atoms with Crippen molar-refractivity contribution in [3.05, 3.63) is 44.4 Å². The number of hydrogen-bond donors (Lipinski definition) is 0. The summed E-state index contributed by atoms with van der Waals surface area (Å²) in [6.45, 7) is 6.30. The van der Waals surface area contributed by atoms with Gasteiger partial charge in [0.2, 0.25) is 0 Å². The zero-order valence-corrected chi connectivity index (χ0v) is 16.9. The van der Waals surface area contributed by atoms with Gasteiger partial charge in [0.05, 0.1) is 5.02 Å². The molecular weight excluding hydrogens is 371 g/mol. The van der Waals surface area contributed by atoms with E-state index < -0.39 is 0 Å². The van der Waals surface area contributed by atoms with Crippen molar-refractivity contribution in [1.82, 2.24) is 19.3 Å². The maximum atomic E-state index is 12.9. The van der Waals surface area contributed by atoms with Gasteiger partial charge in [0.1, 0.15) is 22.6 Å². The highest BCUT2D eigenvalue weighted by Gasteiger charge is 2.23. The molecule has 1 aromatic carbocycles. The predicted molar refractivity (Wildman–Crippen MR) is 107 cm³/mol. The van der Waals surface area contributed by atoms with Crippen molar-refractivity contribution in [2.45, 2.75) is 46.1 Å².